The molecule has 1 saturated heterocycles. The fraction of sp³-hybridized carbons (Fsp3) is 0.375. The lowest BCUT2D eigenvalue weighted by atomic mass is 9.96. The van der Waals surface area contributed by atoms with E-state index in [-0.39, 0.29) is 23.9 Å². The highest BCUT2D eigenvalue weighted by Gasteiger charge is 2.30. The summed E-state index contributed by atoms with van der Waals surface area (Å²) in [7, 11) is 0.372. The zero-order valence-corrected chi connectivity index (χ0v) is 24.9. The van der Waals surface area contributed by atoms with E-state index in [9.17, 15) is 8.60 Å². The van der Waals surface area contributed by atoms with Crippen molar-refractivity contribution >= 4 is 23.0 Å². The number of nitrogens with zero attached hydrogens (tertiary/aromatic N) is 3. The third kappa shape index (κ3) is 8.39. The summed E-state index contributed by atoms with van der Waals surface area (Å²) in [4.78, 5) is 9.57. The summed E-state index contributed by atoms with van der Waals surface area (Å²) in [5, 5.41) is 0. The number of rotatable bonds is 12. The molecule has 2 heterocycles. The predicted octanol–water partition coefficient (Wildman–Crippen LogP) is 6.44. The van der Waals surface area contributed by atoms with Crippen LogP contribution in [0.25, 0.3) is 17.3 Å². The Kier molecular flexibility index (Phi) is 10.9. The summed E-state index contributed by atoms with van der Waals surface area (Å²) in [6, 6.07) is 16.3. The van der Waals surface area contributed by atoms with E-state index in [1.54, 1.807) is 31.5 Å². The lowest BCUT2D eigenvalue weighted by Gasteiger charge is -2.34. The van der Waals surface area contributed by atoms with Crippen LogP contribution in [0.5, 0.6) is 0 Å². The van der Waals surface area contributed by atoms with Crippen LogP contribution in [-0.2, 0) is 31.8 Å². The van der Waals surface area contributed by atoms with Crippen molar-refractivity contribution in [2.75, 3.05) is 24.2 Å². The summed E-state index contributed by atoms with van der Waals surface area (Å²) in [5.74, 6) is 0.0399. The number of halogens is 1. The van der Waals surface area contributed by atoms with Crippen molar-refractivity contribution < 1.29 is 22.8 Å². The van der Waals surface area contributed by atoms with Crippen LogP contribution in [0, 0.1) is 5.82 Å². The first-order valence-electron chi connectivity index (χ1n) is 13.7. The maximum atomic E-state index is 13.8. The molecular formula is C32H38FN3O4S. The molecule has 0 aliphatic carbocycles. The van der Waals surface area contributed by atoms with Crippen LogP contribution in [0.4, 0.5) is 10.3 Å². The van der Waals surface area contributed by atoms with E-state index in [2.05, 4.69) is 6.58 Å². The van der Waals surface area contributed by atoms with Crippen molar-refractivity contribution in [2.45, 2.75) is 57.7 Å². The number of benzene rings is 2. The van der Waals surface area contributed by atoms with Crippen LogP contribution in [0.1, 0.15) is 49.4 Å². The van der Waals surface area contributed by atoms with Gasteiger partial charge in [0.1, 0.15) is 16.8 Å². The molecule has 0 spiro atoms. The number of anilines is 1. The largest absolute Gasteiger partial charge is 0.373 e. The molecule has 1 fully saturated rings. The third-order valence-electron chi connectivity index (χ3n) is 6.78. The average Bonchev–Trinajstić information content (AvgIpc) is 2.98. The monoisotopic (exact) mass is 579 g/mol. The third-order valence-corrected chi connectivity index (χ3v) is 7.71. The second-order valence-electron chi connectivity index (χ2n) is 10.2. The van der Waals surface area contributed by atoms with Gasteiger partial charge in [0, 0.05) is 37.3 Å². The van der Waals surface area contributed by atoms with Gasteiger partial charge in [-0.3, -0.25) is 4.31 Å². The first-order chi connectivity index (χ1) is 19.7. The second kappa shape index (κ2) is 14.6. The van der Waals surface area contributed by atoms with Crippen molar-refractivity contribution in [2.24, 2.45) is 0 Å². The molecule has 1 aliphatic heterocycles. The van der Waals surface area contributed by atoms with E-state index in [0.29, 0.717) is 37.7 Å². The summed E-state index contributed by atoms with van der Waals surface area (Å²) in [5.41, 5.74) is 4.04. The SMILES string of the molecule is C=CCOC1C[C@H](OCc2ccccc2)C[C@@H](/C=C/c2c(-c3ccc(F)cc3)nc(N(C)S(C)=O)nc2C(C)C)O1. The zero-order chi connectivity index (χ0) is 29.4. The van der Waals surface area contributed by atoms with Crippen LogP contribution in [0.2, 0.25) is 0 Å². The highest BCUT2D eigenvalue weighted by molar-refractivity contribution is 7.85. The van der Waals surface area contributed by atoms with Gasteiger partial charge in [-0.25, -0.2) is 18.6 Å². The Morgan fingerprint density at radius 3 is 2.51 bits per heavy atom. The second-order valence-corrected chi connectivity index (χ2v) is 11.6. The van der Waals surface area contributed by atoms with Gasteiger partial charge in [-0.2, -0.15) is 0 Å². The van der Waals surface area contributed by atoms with Gasteiger partial charge >= 0.3 is 0 Å². The zero-order valence-electron chi connectivity index (χ0n) is 24.0. The lowest BCUT2D eigenvalue weighted by Crippen LogP contribution is -2.37. The minimum Gasteiger partial charge on any atom is -0.373 e. The van der Waals surface area contributed by atoms with Gasteiger partial charge in [0.25, 0.3) is 0 Å². The van der Waals surface area contributed by atoms with E-state index in [1.807, 2.05) is 56.3 Å². The minimum absolute atomic E-state index is 0.0344. The van der Waals surface area contributed by atoms with Crippen molar-refractivity contribution in [1.82, 2.24) is 9.97 Å². The van der Waals surface area contributed by atoms with Crippen LogP contribution < -0.4 is 4.31 Å². The Hall–Kier alpha value is -3.24. The smallest absolute Gasteiger partial charge is 0.237 e. The van der Waals surface area contributed by atoms with Crippen molar-refractivity contribution in [3.8, 4) is 11.3 Å². The van der Waals surface area contributed by atoms with Gasteiger partial charge in [0.15, 0.2) is 6.29 Å². The maximum absolute atomic E-state index is 13.8. The molecule has 4 rings (SSSR count). The molecule has 4 atom stereocenters. The van der Waals surface area contributed by atoms with Crippen LogP contribution in [0.3, 0.4) is 0 Å². The van der Waals surface area contributed by atoms with Gasteiger partial charge in [0.05, 0.1) is 36.8 Å². The average molecular weight is 580 g/mol. The highest BCUT2D eigenvalue weighted by Crippen LogP contribution is 2.32. The quantitative estimate of drug-likeness (QED) is 0.230. The Morgan fingerprint density at radius 1 is 1.12 bits per heavy atom. The fourth-order valence-corrected chi connectivity index (χ4v) is 4.88. The number of aromatic nitrogens is 2. The van der Waals surface area contributed by atoms with Gasteiger partial charge in [-0.05, 0) is 35.7 Å². The number of hydrogen-bond donors (Lipinski definition) is 0. The van der Waals surface area contributed by atoms with E-state index < -0.39 is 17.3 Å². The molecule has 7 nitrogen and oxygen atoms in total. The normalized spacial score (nSPS) is 19.9. The Morgan fingerprint density at radius 2 is 1.85 bits per heavy atom. The molecule has 3 aromatic rings. The minimum atomic E-state index is -1.32. The fourth-order valence-electron chi connectivity index (χ4n) is 4.57. The summed E-state index contributed by atoms with van der Waals surface area (Å²) in [6.45, 7) is 8.72. The van der Waals surface area contributed by atoms with E-state index in [1.165, 1.54) is 16.4 Å². The Bertz CT molecular complexity index is 1350. The topological polar surface area (TPSA) is 73.8 Å². The molecule has 2 aromatic carbocycles. The van der Waals surface area contributed by atoms with Crippen molar-refractivity contribution in [3.63, 3.8) is 0 Å². The summed E-state index contributed by atoms with van der Waals surface area (Å²) < 4.78 is 46.0. The summed E-state index contributed by atoms with van der Waals surface area (Å²) in [6.07, 6.45) is 7.70. The van der Waals surface area contributed by atoms with Crippen molar-refractivity contribution in [3.05, 3.63) is 96.0 Å². The molecule has 1 aromatic heterocycles. The molecule has 0 radical (unpaired) electrons. The Labute approximate surface area is 244 Å². The number of hydrogen-bond acceptors (Lipinski definition) is 6. The van der Waals surface area contributed by atoms with E-state index in [4.69, 9.17) is 24.2 Å². The van der Waals surface area contributed by atoms with E-state index >= 15 is 0 Å². The first-order valence-corrected chi connectivity index (χ1v) is 15.2. The van der Waals surface area contributed by atoms with Crippen LogP contribution in [0.15, 0.2) is 73.3 Å². The molecule has 41 heavy (non-hydrogen) atoms. The molecular weight excluding hydrogens is 541 g/mol. The molecule has 9 heteroatoms. The lowest BCUT2D eigenvalue weighted by molar-refractivity contribution is -0.207. The van der Waals surface area contributed by atoms with Gasteiger partial charge < -0.3 is 14.2 Å². The molecule has 1 aliphatic rings. The van der Waals surface area contributed by atoms with Crippen LogP contribution >= 0.6 is 0 Å². The van der Waals surface area contributed by atoms with Gasteiger partial charge in [-0.1, -0.05) is 62.4 Å². The van der Waals surface area contributed by atoms with Gasteiger partial charge in [0.2, 0.25) is 5.95 Å². The highest BCUT2D eigenvalue weighted by atomic mass is 32.2. The molecule has 0 amide bonds. The van der Waals surface area contributed by atoms with E-state index in [0.717, 1.165) is 22.4 Å². The number of ether oxygens (including phenoxy) is 3. The molecule has 0 N–H and O–H groups in total. The standard InChI is InChI=1S/C32H38FN3O4S/c1-6-18-38-29-20-27(39-21-23-10-8-7-9-11-23)19-26(40-29)16-17-28-30(22(2)3)34-32(36(4)41(5)37)35-31(28)24-12-14-25(33)15-13-24/h6-17,22,26-27,29H,1,18-21H2,2-5H3/b17-16+/t26-,27-,29?,41?/m1/s1. The molecule has 0 saturated carbocycles. The molecule has 2 unspecified atom stereocenters. The van der Waals surface area contributed by atoms with Gasteiger partial charge in [-0.15, -0.1) is 6.58 Å². The van der Waals surface area contributed by atoms with Crippen LogP contribution in [-0.4, -0.2) is 52.6 Å². The maximum Gasteiger partial charge on any atom is 0.237 e. The molecule has 218 valence electrons. The summed E-state index contributed by atoms with van der Waals surface area (Å²) >= 11 is 0. The van der Waals surface area contributed by atoms with Crippen molar-refractivity contribution in [1.29, 1.82) is 0 Å². The predicted molar refractivity (Wildman–Crippen MR) is 162 cm³/mol. The molecule has 0 bridgehead atoms. The Balaban J connectivity index is 1.67. The first kappa shape index (κ1) is 30.7.